The van der Waals surface area contributed by atoms with Crippen LogP contribution in [0.4, 0.5) is 0 Å². The van der Waals surface area contributed by atoms with Crippen molar-refractivity contribution in [1.29, 1.82) is 0 Å². The second-order valence-electron chi connectivity index (χ2n) is 3.11. The summed E-state index contributed by atoms with van der Waals surface area (Å²) in [6, 6.07) is 6.00. The number of benzene rings is 1. The van der Waals surface area contributed by atoms with E-state index >= 15 is 0 Å². The topological polar surface area (TPSA) is 51.8 Å². The SMILES string of the molecule is NCCc1ccc(Sc2ncns2)c(Cl)c1. The molecule has 16 heavy (non-hydrogen) atoms. The van der Waals surface area contributed by atoms with Crippen molar-refractivity contribution in [3.63, 3.8) is 0 Å². The van der Waals surface area contributed by atoms with Crippen molar-refractivity contribution in [2.45, 2.75) is 15.7 Å². The molecule has 0 saturated carbocycles. The first-order valence-corrected chi connectivity index (χ1v) is 6.69. The Balaban J connectivity index is 2.16. The number of hydrogen-bond donors (Lipinski definition) is 1. The van der Waals surface area contributed by atoms with Crippen LogP contribution < -0.4 is 5.73 Å². The Kier molecular flexibility index (Phi) is 4.17. The molecular formula is C10H10ClN3S2. The van der Waals surface area contributed by atoms with Crippen molar-refractivity contribution in [3.05, 3.63) is 35.1 Å². The van der Waals surface area contributed by atoms with Gasteiger partial charge in [0.05, 0.1) is 5.02 Å². The number of halogens is 1. The van der Waals surface area contributed by atoms with Crippen LogP contribution in [0.2, 0.25) is 5.02 Å². The van der Waals surface area contributed by atoms with Gasteiger partial charge in [0, 0.05) is 4.90 Å². The molecule has 0 unspecified atom stereocenters. The van der Waals surface area contributed by atoms with E-state index < -0.39 is 0 Å². The van der Waals surface area contributed by atoms with Crippen molar-refractivity contribution in [3.8, 4) is 0 Å². The standard InChI is InChI=1S/C10H10ClN3S2/c11-8-5-7(3-4-12)1-2-9(8)15-10-13-6-14-16-10/h1-2,5-6H,3-4,12H2. The summed E-state index contributed by atoms with van der Waals surface area (Å²) in [6.07, 6.45) is 2.40. The third-order valence-corrected chi connectivity index (χ3v) is 4.18. The van der Waals surface area contributed by atoms with Crippen LogP contribution in [-0.2, 0) is 6.42 Å². The van der Waals surface area contributed by atoms with Gasteiger partial charge in [-0.3, -0.25) is 0 Å². The van der Waals surface area contributed by atoms with Crippen LogP contribution in [0.15, 0.2) is 33.8 Å². The van der Waals surface area contributed by atoms with Crippen LogP contribution in [-0.4, -0.2) is 15.9 Å². The lowest BCUT2D eigenvalue weighted by Gasteiger charge is -2.04. The van der Waals surface area contributed by atoms with Crippen LogP contribution in [0.5, 0.6) is 0 Å². The lowest BCUT2D eigenvalue weighted by molar-refractivity contribution is 0.966. The average Bonchev–Trinajstić information content (AvgIpc) is 2.75. The van der Waals surface area contributed by atoms with Gasteiger partial charge in [0.25, 0.3) is 0 Å². The Morgan fingerprint density at radius 3 is 2.94 bits per heavy atom. The maximum absolute atomic E-state index is 6.18. The molecule has 1 heterocycles. The molecule has 2 N–H and O–H groups in total. The first-order valence-electron chi connectivity index (χ1n) is 4.72. The average molecular weight is 272 g/mol. The van der Waals surface area contributed by atoms with Crippen molar-refractivity contribution >= 4 is 34.9 Å². The van der Waals surface area contributed by atoms with Gasteiger partial charge < -0.3 is 5.73 Å². The van der Waals surface area contributed by atoms with E-state index in [1.807, 2.05) is 18.2 Å². The zero-order chi connectivity index (χ0) is 11.4. The molecule has 0 aliphatic heterocycles. The number of aromatic nitrogens is 2. The molecule has 1 aromatic heterocycles. The van der Waals surface area contributed by atoms with Crippen molar-refractivity contribution in [2.75, 3.05) is 6.54 Å². The van der Waals surface area contributed by atoms with Crippen molar-refractivity contribution in [2.24, 2.45) is 5.73 Å². The molecule has 1 aromatic carbocycles. The second-order valence-corrected chi connectivity index (χ2v) is 5.59. The lowest BCUT2D eigenvalue weighted by atomic mass is 10.1. The lowest BCUT2D eigenvalue weighted by Crippen LogP contribution is -2.02. The third-order valence-electron chi connectivity index (χ3n) is 1.97. The maximum Gasteiger partial charge on any atom is 0.174 e. The van der Waals surface area contributed by atoms with E-state index in [0.29, 0.717) is 6.54 Å². The van der Waals surface area contributed by atoms with Crippen molar-refractivity contribution < 1.29 is 0 Å². The van der Waals surface area contributed by atoms with Crippen LogP contribution in [0.1, 0.15) is 5.56 Å². The van der Waals surface area contributed by atoms with Gasteiger partial charge in [-0.1, -0.05) is 29.4 Å². The highest BCUT2D eigenvalue weighted by molar-refractivity contribution is 8.01. The smallest absolute Gasteiger partial charge is 0.174 e. The Hall–Kier alpha value is -0.620. The zero-order valence-electron chi connectivity index (χ0n) is 8.39. The molecule has 0 spiro atoms. The minimum absolute atomic E-state index is 0.638. The highest BCUT2D eigenvalue weighted by Gasteiger charge is 2.06. The second kappa shape index (κ2) is 5.63. The first kappa shape index (κ1) is 11.9. The fourth-order valence-electron chi connectivity index (χ4n) is 1.25. The van der Waals surface area contributed by atoms with Gasteiger partial charge in [-0.15, -0.1) is 0 Å². The van der Waals surface area contributed by atoms with Gasteiger partial charge in [0.2, 0.25) is 0 Å². The van der Waals surface area contributed by atoms with Gasteiger partial charge in [-0.25, -0.2) is 4.98 Å². The molecular weight excluding hydrogens is 262 g/mol. The third kappa shape index (κ3) is 2.95. The Morgan fingerprint density at radius 2 is 2.31 bits per heavy atom. The molecule has 0 saturated heterocycles. The molecule has 0 fully saturated rings. The van der Waals surface area contributed by atoms with E-state index in [9.17, 15) is 0 Å². The highest BCUT2D eigenvalue weighted by atomic mass is 35.5. The molecule has 6 heteroatoms. The molecule has 2 aromatic rings. The molecule has 84 valence electrons. The number of nitrogens with two attached hydrogens (primary N) is 1. The molecule has 0 aliphatic rings. The predicted molar refractivity (Wildman–Crippen MR) is 68.2 cm³/mol. The summed E-state index contributed by atoms with van der Waals surface area (Å²) >= 11 is 9.07. The van der Waals surface area contributed by atoms with Crippen molar-refractivity contribution in [1.82, 2.24) is 9.36 Å². The summed E-state index contributed by atoms with van der Waals surface area (Å²) in [7, 11) is 0. The van der Waals surface area contributed by atoms with E-state index in [1.165, 1.54) is 23.3 Å². The van der Waals surface area contributed by atoms with E-state index in [2.05, 4.69) is 9.36 Å². The Bertz CT molecular complexity index is 459. The normalized spacial score (nSPS) is 10.6. The fourth-order valence-corrected chi connectivity index (χ4v) is 2.98. The Labute approximate surface area is 107 Å². The molecule has 0 atom stereocenters. The number of nitrogens with zero attached hydrogens (tertiary/aromatic N) is 2. The minimum atomic E-state index is 0.638. The summed E-state index contributed by atoms with van der Waals surface area (Å²) in [6.45, 7) is 0.638. The number of hydrogen-bond acceptors (Lipinski definition) is 5. The minimum Gasteiger partial charge on any atom is -0.330 e. The van der Waals surface area contributed by atoms with Gasteiger partial charge in [-0.05, 0) is 42.2 Å². The summed E-state index contributed by atoms with van der Waals surface area (Å²) in [4.78, 5) is 5.10. The fraction of sp³-hybridized carbons (Fsp3) is 0.200. The summed E-state index contributed by atoms with van der Waals surface area (Å²) in [5, 5.41) is 0.742. The molecule has 3 nitrogen and oxygen atoms in total. The summed E-state index contributed by atoms with van der Waals surface area (Å²) in [5.41, 5.74) is 6.65. The van der Waals surface area contributed by atoms with Gasteiger partial charge >= 0.3 is 0 Å². The van der Waals surface area contributed by atoms with Gasteiger partial charge in [-0.2, -0.15) is 4.37 Å². The Morgan fingerprint density at radius 1 is 1.44 bits per heavy atom. The van der Waals surface area contributed by atoms with Crippen LogP contribution in [0, 0.1) is 0 Å². The number of rotatable bonds is 4. The molecule has 0 radical (unpaired) electrons. The first-order chi connectivity index (χ1) is 7.79. The maximum atomic E-state index is 6.18. The molecule has 0 amide bonds. The highest BCUT2D eigenvalue weighted by Crippen LogP contribution is 2.34. The van der Waals surface area contributed by atoms with Crippen LogP contribution >= 0.6 is 34.9 Å². The van der Waals surface area contributed by atoms with Gasteiger partial charge in [0.1, 0.15) is 6.33 Å². The largest absolute Gasteiger partial charge is 0.330 e. The summed E-state index contributed by atoms with van der Waals surface area (Å²) in [5.74, 6) is 0. The van der Waals surface area contributed by atoms with E-state index in [-0.39, 0.29) is 0 Å². The molecule has 2 rings (SSSR count). The summed E-state index contributed by atoms with van der Waals surface area (Å²) < 4.78 is 4.84. The van der Waals surface area contributed by atoms with E-state index in [1.54, 1.807) is 6.33 Å². The van der Waals surface area contributed by atoms with E-state index in [4.69, 9.17) is 17.3 Å². The molecule has 0 bridgehead atoms. The monoisotopic (exact) mass is 271 g/mol. The predicted octanol–water partition coefficient (Wildman–Crippen LogP) is 2.84. The molecule has 0 aliphatic carbocycles. The zero-order valence-corrected chi connectivity index (χ0v) is 10.8. The van der Waals surface area contributed by atoms with E-state index in [0.717, 1.165) is 26.2 Å². The van der Waals surface area contributed by atoms with Crippen LogP contribution in [0.25, 0.3) is 0 Å². The van der Waals surface area contributed by atoms with Gasteiger partial charge in [0.15, 0.2) is 4.34 Å². The quantitative estimate of drug-likeness (QED) is 0.929. The van der Waals surface area contributed by atoms with Crippen LogP contribution in [0.3, 0.4) is 0 Å².